The molecule has 0 atom stereocenters. The van der Waals surface area contributed by atoms with E-state index in [1.807, 2.05) is 0 Å². The molecule has 0 nitrogen and oxygen atoms in total. The number of hydrogen-bond acceptors (Lipinski definition) is 0. The van der Waals surface area contributed by atoms with Crippen LogP contribution in [0.15, 0.2) is 97.1 Å². The maximum atomic E-state index is 2.59. The van der Waals surface area contributed by atoms with Crippen molar-refractivity contribution in [2.45, 2.75) is 26.9 Å². The van der Waals surface area contributed by atoms with E-state index in [1.165, 1.54) is 80.0 Å². The van der Waals surface area contributed by atoms with Crippen LogP contribution in [0.5, 0.6) is 0 Å². The van der Waals surface area contributed by atoms with Gasteiger partial charge in [-0.2, -0.15) is 0 Å². The quantitative estimate of drug-likeness (QED) is 0.234. The zero-order valence-electron chi connectivity index (χ0n) is 22.9. The lowest BCUT2D eigenvalue weighted by Gasteiger charge is -2.46. The van der Waals surface area contributed by atoms with Crippen molar-refractivity contribution in [1.82, 2.24) is 0 Å². The molecule has 0 aliphatic heterocycles. The Balaban J connectivity index is 1.27. The second-order valence-corrected chi connectivity index (χ2v) is 16.0. The van der Waals surface area contributed by atoms with Gasteiger partial charge in [0, 0.05) is 23.7 Å². The summed E-state index contributed by atoms with van der Waals surface area (Å²) in [5.41, 5.74) is 14.1. The highest BCUT2D eigenvalue weighted by Gasteiger charge is 2.62. The van der Waals surface area contributed by atoms with Crippen molar-refractivity contribution in [3.63, 3.8) is 0 Å². The van der Waals surface area contributed by atoms with Crippen molar-refractivity contribution in [1.29, 1.82) is 0 Å². The predicted octanol–water partition coefficient (Wildman–Crippen LogP) is 9.00. The fourth-order valence-corrected chi connectivity index (χ4v) is 12.0. The molecule has 4 aromatic rings. The average Bonchev–Trinajstić information content (AvgIpc) is 3.51. The Kier molecular flexibility index (Phi) is 5.25. The van der Waals surface area contributed by atoms with E-state index in [9.17, 15) is 0 Å². The van der Waals surface area contributed by atoms with Gasteiger partial charge in [-0.15, -0.1) is 0 Å². The molecule has 0 heterocycles. The third-order valence-electron chi connectivity index (χ3n) is 9.21. The van der Waals surface area contributed by atoms with Crippen LogP contribution < -0.4 is 0 Å². The Morgan fingerprint density at radius 1 is 0.385 bits per heavy atom. The largest absolute Gasteiger partial charge is 0.0684 e. The minimum absolute atomic E-state index is 1.35. The first-order chi connectivity index (χ1) is 19.0. The highest BCUT2D eigenvalue weighted by molar-refractivity contribution is 6.90. The third-order valence-corrected chi connectivity index (χ3v) is 13.0. The molecule has 0 bridgehead atoms. The standard InChI is InChI=1S/C38H30Si/c1-23-21-33-29-17-7-5-13-25(29)27-15-9-11-19-31(27)35(33)37(23)39(3,4)38-24(2)22-34-30-18-8-6-14-26(30)28-16-10-12-20-32(28)36(34)38/h5-22H,1-4H3. The first-order valence-electron chi connectivity index (χ1n) is 14.0. The van der Waals surface area contributed by atoms with E-state index >= 15 is 0 Å². The zero-order chi connectivity index (χ0) is 26.5. The van der Waals surface area contributed by atoms with Gasteiger partial charge in [0.15, 0.2) is 0 Å². The minimum atomic E-state index is -2.18. The summed E-state index contributed by atoms with van der Waals surface area (Å²) >= 11 is 0. The van der Waals surface area contributed by atoms with E-state index in [0.717, 1.165) is 0 Å². The van der Waals surface area contributed by atoms with Gasteiger partial charge in [-0.05, 0) is 80.3 Å². The van der Waals surface area contributed by atoms with E-state index in [1.54, 1.807) is 11.1 Å². The Hall–Kier alpha value is -2.90. The van der Waals surface area contributed by atoms with Crippen LogP contribution in [0.3, 0.4) is 0 Å². The molecule has 0 aromatic heterocycles. The van der Waals surface area contributed by atoms with E-state index in [0.29, 0.717) is 0 Å². The summed E-state index contributed by atoms with van der Waals surface area (Å²) in [6.45, 7) is 9.87. The van der Waals surface area contributed by atoms with E-state index < -0.39 is 8.07 Å². The molecular formula is C38H30Si. The Bertz CT molecular complexity index is 1460. The van der Waals surface area contributed by atoms with Crippen LogP contribution in [0.4, 0.5) is 0 Å². The summed E-state index contributed by atoms with van der Waals surface area (Å²) in [6, 6.07) is 36.0. The second kappa shape index (κ2) is 8.55. The lowest BCUT2D eigenvalue weighted by molar-refractivity contribution is 1.03. The van der Waals surface area contributed by atoms with Crippen LogP contribution in [0.25, 0.3) is 22.3 Å². The monoisotopic (exact) mass is 514 g/mol. The molecule has 0 unspecified atom stereocenters. The lowest BCUT2D eigenvalue weighted by atomic mass is 9.73. The molecule has 2 saturated carbocycles. The maximum absolute atomic E-state index is 2.59. The van der Waals surface area contributed by atoms with E-state index in [2.05, 4.69) is 137 Å². The minimum Gasteiger partial charge on any atom is -0.0684 e. The summed E-state index contributed by atoms with van der Waals surface area (Å²) < 4.78 is 0. The Labute approximate surface area is 235 Å². The molecule has 0 amide bonds. The third kappa shape index (κ3) is 3.23. The number of fused-ring (bicyclic) bond motifs is 12. The van der Waals surface area contributed by atoms with Crippen molar-refractivity contribution in [3.05, 3.63) is 179 Å². The van der Waals surface area contributed by atoms with Gasteiger partial charge in [0.1, 0.15) is 0 Å². The normalized spacial score (nSPS) is 20.8. The Morgan fingerprint density at radius 3 is 1.03 bits per heavy atom. The smallest absolute Gasteiger partial charge is 0.0643 e. The van der Waals surface area contributed by atoms with Gasteiger partial charge in [0.2, 0.25) is 0 Å². The van der Waals surface area contributed by atoms with Crippen molar-refractivity contribution < 1.29 is 0 Å². The van der Waals surface area contributed by atoms with Gasteiger partial charge in [0.25, 0.3) is 0 Å². The fraction of sp³-hybridized carbons (Fsp3) is 0.105. The molecule has 186 valence electrons. The highest BCUT2D eigenvalue weighted by Crippen LogP contribution is 2.67. The molecule has 0 spiro atoms. The molecule has 4 aliphatic rings. The van der Waals surface area contributed by atoms with Crippen molar-refractivity contribution >= 4 is 8.07 Å². The topological polar surface area (TPSA) is 0 Å². The summed E-state index contributed by atoms with van der Waals surface area (Å²) in [7, 11) is -2.18. The predicted molar refractivity (Wildman–Crippen MR) is 164 cm³/mol. The van der Waals surface area contributed by atoms with Crippen LogP contribution in [0.2, 0.25) is 13.1 Å². The maximum Gasteiger partial charge on any atom is 0.0643 e. The number of rotatable bonds is 2. The molecule has 39 heavy (non-hydrogen) atoms. The van der Waals surface area contributed by atoms with Gasteiger partial charge in [-0.25, -0.2) is 0 Å². The SMILES string of the molecule is C[C]1[CH][C]2[C]([C]1[Si](C)(C)[C]1[C](C)[CH][C]3[C]1c1ccccc1-c1ccccc13)c1ccccc1-c1ccccc12. The Morgan fingerprint density at radius 2 is 0.667 bits per heavy atom. The average molecular weight is 515 g/mol. The summed E-state index contributed by atoms with van der Waals surface area (Å²) in [5, 5.41) is 0. The zero-order valence-corrected chi connectivity index (χ0v) is 23.9. The van der Waals surface area contributed by atoms with Gasteiger partial charge in [-0.3, -0.25) is 0 Å². The van der Waals surface area contributed by atoms with Crippen LogP contribution in [-0.4, -0.2) is 8.07 Å². The molecule has 4 aliphatic carbocycles. The summed E-state index contributed by atoms with van der Waals surface area (Å²) in [4.78, 5) is 0. The molecule has 2 fully saturated rings. The second-order valence-electron chi connectivity index (χ2n) is 11.8. The molecule has 1 heteroatoms. The van der Waals surface area contributed by atoms with Crippen LogP contribution in [0, 0.1) is 59.4 Å². The number of benzene rings is 4. The first kappa shape index (κ1) is 23.9. The molecule has 0 saturated heterocycles. The molecule has 10 radical (unpaired) electrons. The molecule has 8 rings (SSSR count). The van der Waals surface area contributed by atoms with Crippen LogP contribution in [0.1, 0.15) is 36.1 Å². The summed E-state index contributed by atoms with van der Waals surface area (Å²) in [5.74, 6) is 8.61. The number of hydrogen-bond donors (Lipinski definition) is 0. The van der Waals surface area contributed by atoms with Gasteiger partial charge in [0.05, 0.1) is 8.07 Å². The highest BCUT2D eigenvalue weighted by atomic mass is 28.3. The van der Waals surface area contributed by atoms with Crippen molar-refractivity contribution in [3.8, 4) is 22.3 Å². The molecular weight excluding hydrogens is 485 g/mol. The van der Waals surface area contributed by atoms with Crippen LogP contribution >= 0.6 is 0 Å². The molecule has 4 aromatic carbocycles. The van der Waals surface area contributed by atoms with Crippen molar-refractivity contribution in [2.24, 2.45) is 0 Å². The van der Waals surface area contributed by atoms with Gasteiger partial charge >= 0.3 is 0 Å². The van der Waals surface area contributed by atoms with Gasteiger partial charge < -0.3 is 0 Å². The van der Waals surface area contributed by atoms with E-state index in [-0.39, 0.29) is 0 Å². The van der Waals surface area contributed by atoms with Gasteiger partial charge in [-0.1, -0.05) is 124 Å². The lowest BCUT2D eigenvalue weighted by Crippen LogP contribution is -2.49. The van der Waals surface area contributed by atoms with Crippen molar-refractivity contribution in [2.75, 3.05) is 0 Å². The van der Waals surface area contributed by atoms with Crippen LogP contribution in [-0.2, 0) is 0 Å². The van der Waals surface area contributed by atoms with E-state index in [4.69, 9.17) is 0 Å². The summed E-state index contributed by atoms with van der Waals surface area (Å²) in [6.07, 6.45) is 4.95. The fourth-order valence-electron chi connectivity index (χ4n) is 7.88. The first-order valence-corrected chi connectivity index (χ1v) is 17.0. The molecule has 0 N–H and O–H groups in total.